The zero-order chi connectivity index (χ0) is 18.2. The molecule has 0 bridgehead atoms. The Kier molecular flexibility index (Phi) is 4.29. The SMILES string of the molecule is Cn1c(SCC(=O)Nc2ccc3[nH]c(=O)[nH]c3c2)nnc1C(F)(F)F. The van der Waals surface area contributed by atoms with Crippen LogP contribution < -0.4 is 11.0 Å². The first kappa shape index (κ1) is 17.1. The summed E-state index contributed by atoms with van der Waals surface area (Å²) in [6.07, 6.45) is -4.61. The van der Waals surface area contributed by atoms with Gasteiger partial charge < -0.3 is 19.9 Å². The highest BCUT2D eigenvalue weighted by molar-refractivity contribution is 7.99. The molecule has 0 aliphatic rings. The van der Waals surface area contributed by atoms with Gasteiger partial charge in [0.2, 0.25) is 11.7 Å². The van der Waals surface area contributed by atoms with Gasteiger partial charge in [0.1, 0.15) is 0 Å². The molecule has 0 radical (unpaired) electrons. The molecule has 0 spiro atoms. The molecular weight excluding hydrogens is 361 g/mol. The van der Waals surface area contributed by atoms with Gasteiger partial charge in [-0.05, 0) is 18.2 Å². The van der Waals surface area contributed by atoms with Gasteiger partial charge in [0.25, 0.3) is 0 Å². The number of hydrogen-bond acceptors (Lipinski definition) is 5. The van der Waals surface area contributed by atoms with Crippen LogP contribution >= 0.6 is 11.8 Å². The summed E-state index contributed by atoms with van der Waals surface area (Å²) in [5, 5.41) is 9.09. The fourth-order valence-corrected chi connectivity index (χ4v) is 2.84. The topological polar surface area (TPSA) is 108 Å². The second kappa shape index (κ2) is 6.27. The fourth-order valence-electron chi connectivity index (χ4n) is 2.12. The Bertz CT molecular complexity index is 990. The van der Waals surface area contributed by atoms with Gasteiger partial charge in [-0.3, -0.25) is 4.79 Å². The van der Waals surface area contributed by atoms with E-state index in [1.165, 1.54) is 7.05 Å². The van der Waals surface area contributed by atoms with Crippen molar-refractivity contribution in [2.75, 3.05) is 11.1 Å². The van der Waals surface area contributed by atoms with E-state index in [0.29, 0.717) is 16.7 Å². The van der Waals surface area contributed by atoms with E-state index in [9.17, 15) is 22.8 Å². The predicted molar refractivity (Wildman–Crippen MR) is 84.3 cm³/mol. The zero-order valence-electron chi connectivity index (χ0n) is 12.6. The Labute approximate surface area is 141 Å². The molecule has 2 heterocycles. The van der Waals surface area contributed by atoms with E-state index in [-0.39, 0.29) is 16.6 Å². The highest BCUT2D eigenvalue weighted by Crippen LogP contribution is 2.29. The quantitative estimate of drug-likeness (QED) is 0.605. The number of aromatic nitrogens is 5. The van der Waals surface area contributed by atoms with Crippen molar-refractivity contribution in [3.63, 3.8) is 0 Å². The Morgan fingerprint density at radius 2 is 2.00 bits per heavy atom. The number of alkyl halides is 3. The summed E-state index contributed by atoms with van der Waals surface area (Å²) in [4.78, 5) is 28.3. The van der Waals surface area contributed by atoms with Crippen LogP contribution in [0.1, 0.15) is 5.82 Å². The van der Waals surface area contributed by atoms with Crippen LogP contribution in [0, 0.1) is 0 Å². The number of nitrogens with zero attached hydrogens (tertiary/aromatic N) is 3. The number of amides is 1. The number of aromatic amines is 2. The maximum absolute atomic E-state index is 12.6. The van der Waals surface area contributed by atoms with Crippen LogP contribution in [0.4, 0.5) is 18.9 Å². The van der Waals surface area contributed by atoms with Gasteiger partial charge in [0.15, 0.2) is 5.16 Å². The lowest BCUT2D eigenvalue weighted by Crippen LogP contribution is -2.15. The van der Waals surface area contributed by atoms with E-state index in [1.807, 2.05) is 0 Å². The summed E-state index contributed by atoms with van der Waals surface area (Å²) < 4.78 is 38.7. The maximum atomic E-state index is 12.6. The zero-order valence-corrected chi connectivity index (χ0v) is 13.5. The number of thioether (sulfide) groups is 1. The minimum absolute atomic E-state index is 0.0205. The molecule has 1 aromatic carbocycles. The lowest BCUT2D eigenvalue weighted by molar-refractivity contribution is -0.147. The van der Waals surface area contributed by atoms with E-state index >= 15 is 0 Å². The Hall–Kier alpha value is -2.76. The molecule has 8 nitrogen and oxygen atoms in total. The number of carbonyl (C=O) groups excluding carboxylic acids is 1. The van der Waals surface area contributed by atoms with Crippen LogP contribution in [-0.4, -0.2) is 36.4 Å². The first-order chi connectivity index (χ1) is 11.7. The molecule has 3 N–H and O–H groups in total. The molecule has 0 saturated heterocycles. The minimum atomic E-state index is -4.61. The van der Waals surface area contributed by atoms with Gasteiger partial charge in [0, 0.05) is 12.7 Å². The number of halogens is 3. The second-order valence-electron chi connectivity index (χ2n) is 5.04. The molecule has 0 unspecified atom stereocenters. The normalized spacial score (nSPS) is 11.8. The van der Waals surface area contributed by atoms with Crippen LogP contribution in [0.3, 0.4) is 0 Å². The predicted octanol–water partition coefficient (Wildman–Crippen LogP) is 1.73. The second-order valence-corrected chi connectivity index (χ2v) is 5.98. The smallest absolute Gasteiger partial charge is 0.325 e. The Morgan fingerprint density at radius 1 is 1.28 bits per heavy atom. The first-order valence-corrected chi connectivity index (χ1v) is 7.84. The van der Waals surface area contributed by atoms with Crippen molar-refractivity contribution in [2.24, 2.45) is 7.05 Å². The van der Waals surface area contributed by atoms with Crippen molar-refractivity contribution in [1.29, 1.82) is 0 Å². The monoisotopic (exact) mass is 372 g/mol. The van der Waals surface area contributed by atoms with Gasteiger partial charge in [-0.2, -0.15) is 13.2 Å². The van der Waals surface area contributed by atoms with E-state index in [2.05, 4.69) is 25.5 Å². The summed E-state index contributed by atoms with van der Waals surface area (Å²) in [5.74, 6) is -1.71. The van der Waals surface area contributed by atoms with Gasteiger partial charge in [-0.25, -0.2) is 4.79 Å². The average Bonchev–Trinajstić information content (AvgIpc) is 3.06. The van der Waals surface area contributed by atoms with Crippen molar-refractivity contribution >= 4 is 34.4 Å². The summed E-state index contributed by atoms with van der Waals surface area (Å²) in [7, 11) is 1.18. The maximum Gasteiger partial charge on any atom is 0.451 e. The van der Waals surface area contributed by atoms with Crippen LogP contribution in [0.25, 0.3) is 11.0 Å². The number of rotatable bonds is 4. The van der Waals surface area contributed by atoms with E-state index in [0.717, 1.165) is 16.3 Å². The van der Waals surface area contributed by atoms with Crippen LogP contribution in [0.5, 0.6) is 0 Å². The molecule has 0 atom stereocenters. The third kappa shape index (κ3) is 3.68. The molecule has 0 saturated carbocycles. The molecule has 2 aromatic heterocycles. The molecule has 1 amide bonds. The number of anilines is 1. The number of benzene rings is 1. The van der Waals surface area contributed by atoms with E-state index in [1.54, 1.807) is 18.2 Å². The third-order valence-corrected chi connectivity index (χ3v) is 4.24. The number of imidazole rings is 1. The Morgan fingerprint density at radius 3 is 2.68 bits per heavy atom. The minimum Gasteiger partial charge on any atom is -0.325 e. The van der Waals surface area contributed by atoms with Crippen molar-refractivity contribution < 1.29 is 18.0 Å². The number of fused-ring (bicyclic) bond motifs is 1. The first-order valence-electron chi connectivity index (χ1n) is 6.85. The largest absolute Gasteiger partial charge is 0.451 e. The van der Waals surface area contributed by atoms with E-state index < -0.39 is 17.9 Å². The van der Waals surface area contributed by atoms with Crippen LogP contribution in [-0.2, 0) is 18.0 Å². The molecule has 3 rings (SSSR count). The van der Waals surface area contributed by atoms with Gasteiger partial charge in [0.05, 0.1) is 16.8 Å². The highest BCUT2D eigenvalue weighted by Gasteiger charge is 2.37. The molecule has 0 aliphatic carbocycles. The molecule has 0 aliphatic heterocycles. The molecule has 12 heteroatoms. The molecular formula is C13H11F3N6O2S. The summed E-state index contributed by atoms with van der Waals surface area (Å²) >= 11 is 0.832. The average molecular weight is 372 g/mol. The number of nitrogens with one attached hydrogen (secondary N) is 3. The van der Waals surface area contributed by atoms with Crippen molar-refractivity contribution in [3.8, 4) is 0 Å². The summed E-state index contributed by atoms with van der Waals surface area (Å²) in [6, 6.07) is 4.78. The molecule has 0 fully saturated rings. The molecule has 25 heavy (non-hydrogen) atoms. The fraction of sp³-hybridized carbons (Fsp3) is 0.231. The van der Waals surface area contributed by atoms with Gasteiger partial charge in [-0.1, -0.05) is 11.8 Å². The van der Waals surface area contributed by atoms with Crippen LogP contribution in [0.2, 0.25) is 0 Å². The lowest BCUT2D eigenvalue weighted by Gasteiger charge is -2.07. The lowest BCUT2D eigenvalue weighted by atomic mass is 10.3. The molecule has 132 valence electrons. The summed E-state index contributed by atoms with van der Waals surface area (Å²) in [5.41, 5.74) is 1.20. The van der Waals surface area contributed by atoms with E-state index in [4.69, 9.17) is 0 Å². The summed E-state index contributed by atoms with van der Waals surface area (Å²) in [6.45, 7) is 0. The third-order valence-electron chi connectivity index (χ3n) is 3.22. The molecule has 3 aromatic rings. The van der Waals surface area contributed by atoms with Crippen molar-refractivity contribution in [3.05, 3.63) is 34.5 Å². The number of carbonyl (C=O) groups is 1. The number of hydrogen-bond donors (Lipinski definition) is 3. The van der Waals surface area contributed by atoms with Crippen molar-refractivity contribution in [1.82, 2.24) is 24.7 Å². The van der Waals surface area contributed by atoms with Crippen LogP contribution in [0.15, 0.2) is 28.2 Å². The standard InChI is InChI=1S/C13H11F3N6O2S/c1-22-10(13(14,15)16)20-21-12(22)25-5-9(23)17-6-2-3-7-8(4-6)19-11(24)18-7/h2-4H,5H2,1H3,(H,17,23)(H2,18,19,24). The van der Waals surface area contributed by atoms with Gasteiger partial charge in [-0.15, -0.1) is 10.2 Å². The highest BCUT2D eigenvalue weighted by atomic mass is 32.2. The van der Waals surface area contributed by atoms with Gasteiger partial charge >= 0.3 is 11.9 Å². The van der Waals surface area contributed by atoms with Crippen molar-refractivity contribution in [2.45, 2.75) is 11.3 Å². The number of H-pyrrole nitrogens is 2. The Balaban J connectivity index is 1.64.